The van der Waals surface area contributed by atoms with Crippen molar-refractivity contribution in [2.24, 2.45) is 0 Å². The van der Waals surface area contributed by atoms with Crippen molar-refractivity contribution in [3.63, 3.8) is 0 Å². The second-order valence-electron chi connectivity index (χ2n) is 6.92. The zero-order valence-electron chi connectivity index (χ0n) is 17.7. The fourth-order valence-electron chi connectivity index (χ4n) is 2.80. The Kier molecular flexibility index (Phi) is 7.62. The van der Waals surface area contributed by atoms with Crippen molar-refractivity contribution in [2.75, 3.05) is 18.4 Å². The van der Waals surface area contributed by atoms with Crippen molar-refractivity contribution in [3.8, 4) is 5.75 Å². The Morgan fingerprint density at radius 2 is 1.58 bits per heavy atom. The third kappa shape index (κ3) is 6.53. The number of benzene rings is 3. The van der Waals surface area contributed by atoms with Gasteiger partial charge in [-0.2, -0.15) is 0 Å². The van der Waals surface area contributed by atoms with Gasteiger partial charge in [-0.15, -0.1) is 0 Å². The molecule has 0 aliphatic carbocycles. The summed E-state index contributed by atoms with van der Waals surface area (Å²) in [4.78, 5) is 24.1. The summed E-state index contributed by atoms with van der Waals surface area (Å²) in [6.07, 6.45) is 0. The first-order valence-corrected chi connectivity index (χ1v) is 11.3. The van der Waals surface area contributed by atoms with Gasteiger partial charge in [-0.1, -0.05) is 24.3 Å². The smallest absolute Gasteiger partial charge is 0.261 e. The van der Waals surface area contributed by atoms with E-state index < -0.39 is 21.7 Å². The maximum atomic E-state index is 13.7. The monoisotopic (exact) mass is 471 g/mol. The lowest BCUT2D eigenvalue weighted by atomic mass is 10.2. The Morgan fingerprint density at radius 3 is 2.21 bits per heavy atom. The van der Waals surface area contributed by atoms with Crippen molar-refractivity contribution < 1.29 is 27.1 Å². The standard InChI is InChI=1S/C23H22FN3O5S/c1-32-18-10-6-16(7-11-18)14-25-22(28)15-26-23(29)17-8-12-19(13-9-17)33(30,31)27-21-5-3-2-4-20(21)24/h2-13,27H,14-15H2,1H3,(H,25,28)(H,26,29). The maximum absolute atomic E-state index is 13.7. The van der Waals surface area contributed by atoms with E-state index in [1.807, 2.05) is 12.1 Å². The van der Waals surface area contributed by atoms with E-state index in [2.05, 4.69) is 15.4 Å². The van der Waals surface area contributed by atoms with Gasteiger partial charge in [-0.05, 0) is 54.1 Å². The molecule has 3 aromatic rings. The summed E-state index contributed by atoms with van der Waals surface area (Å²) in [6.45, 7) is 0.0458. The number of amides is 2. The quantitative estimate of drug-likeness (QED) is 0.444. The second-order valence-corrected chi connectivity index (χ2v) is 8.60. The van der Waals surface area contributed by atoms with Gasteiger partial charge < -0.3 is 15.4 Å². The molecule has 2 amide bonds. The summed E-state index contributed by atoms with van der Waals surface area (Å²) in [7, 11) is -2.47. The highest BCUT2D eigenvalue weighted by Crippen LogP contribution is 2.19. The second kappa shape index (κ2) is 10.6. The van der Waals surface area contributed by atoms with Crippen LogP contribution in [0.5, 0.6) is 5.75 Å². The number of hydrogen-bond donors (Lipinski definition) is 3. The molecule has 3 aromatic carbocycles. The van der Waals surface area contributed by atoms with Crippen LogP contribution in [0.1, 0.15) is 15.9 Å². The van der Waals surface area contributed by atoms with Crippen LogP contribution in [0.15, 0.2) is 77.7 Å². The van der Waals surface area contributed by atoms with Gasteiger partial charge in [0.15, 0.2) is 0 Å². The Bertz CT molecular complexity index is 1230. The summed E-state index contributed by atoms with van der Waals surface area (Å²) in [5.74, 6) is -0.922. The number of sulfonamides is 1. The number of para-hydroxylation sites is 1. The van der Waals surface area contributed by atoms with Gasteiger partial charge in [0.05, 0.1) is 24.2 Å². The summed E-state index contributed by atoms with van der Waals surface area (Å²) < 4.78 is 45.8. The van der Waals surface area contributed by atoms with Crippen LogP contribution < -0.4 is 20.1 Å². The molecule has 172 valence electrons. The minimum absolute atomic E-state index is 0.139. The zero-order valence-corrected chi connectivity index (χ0v) is 18.5. The summed E-state index contributed by atoms with van der Waals surface area (Å²) in [6, 6.07) is 17.6. The highest BCUT2D eigenvalue weighted by atomic mass is 32.2. The van der Waals surface area contributed by atoms with Gasteiger partial charge in [-0.3, -0.25) is 14.3 Å². The Morgan fingerprint density at radius 1 is 0.909 bits per heavy atom. The lowest BCUT2D eigenvalue weighted by Gasteiger charge is -2.10. The normalized spacial score (nSPS) is 10.8. The molecule has 0 radical (unpaired) electrons. The number of anilines is 1. The molecular formula is C23H22FN3O5S. The molecular weight excluding hydrogens is 449 g/mol. The molecule has 0 saturated carbocycles. The molecule has 3 rings (SSSR count). The number of carbonyl (C=O) groups excluding carboxylic acids is 2. The van der Waals surface area contributed by atoms with E-state index in [1.165, 1.54) is 42.5 Å². The summed E-state index contributed by atoms with van der Waals surface area (Å²) >= 11 is 0. The molecule has 0 saturated heterocycles. The number of halogens is 1. The van der Waals surface area contributed by atoms with Crippen molar-refractivity contribution in [1.29, 1.82) is 0 Å². The molecule has 0 fully saturated rings. The predicted octanol–water partition coefficient (Wildman–Crippen LogP) is 2.68. The number of rotatable bonds is 9. The average Bonchev–Trinajstić information content (AvgIpc) is 2.83. The van der Waals surface area contributed by atoms with E-state index in [0.717, 1.165) is 11.6 Å². The van der Waals surface area contributed by atoms with Gasteiger partial charge in [0.25, 0.3) is 15.9 Å². The fraction of sp³-hybridized carbons (Fsp3) is 0.130. The molecule has 0 aromatic heterocycles. The van der Waals surface area contributed by atoms with E-state index in [0.29, 0.717) is 12.3 Å². The summed E-state index contributed by atoms with van der Waals surface area (Å²) in [5.41, 5.74) is 0.860. The number of nitrogens with one attached hydrogen (secondary N) is 3. The minimum Gasteiger partial charge on any atom is -0.497 e. The third-order valence-corrected chi connectivity index (χ3v) is 5.98. The molecule has 0 bridgehead atoms. The van der Waals surface area contributed by atoms with Crippen LogP contribution in [0.3, 0.4) is 0 Å². The Balaban J connectivity index is 1.52. The first-order chi connectivity index (χ1) is 15.8. The van der Waals surface area contributed by atoms with Gasteiger partial charge in [0, 0.05) is 12.1 Å². The number of ether oxygens (including phenoxy) is 1. The number of hydrogen-bond acceptors (Lipinski definition) is 5. The Hall–Kier alpha value is -3.92. The van der Waals surface area contributed by atoms with Crippen LogP contribution in [0, 0.1) is 5.82 Å². The van der Waals surface area contributed by atoms with Crippen LogP contribution in [-0.4, -0.2) is 33.9 Å². The van der Waals surface area contributed by atoms with Crippen LogP contribution >= 0.6 is 0 Å². The maximum Gasteiger partial charge on any atom is 0.261 e. The first-order valence-electron chi connectivity index (χ1n) is 9.84. The molecule has 0 heterocycles. The SMILES string of the molecule is COc1ccc(CNC(=O)CNC(=O)c2ccc(S(=O)(=O)Nc3ccccc3F)cc2)cc1. The van der Waals surface area contributed by atoms with Crippen molar-refractivity contribution in [1.82, 2.24) is 10.6 Å². The van der Waals surface area contributed by atoms with E-state index in [-0.39, 0.29) is 28.6 Å². The number of carbonyl (C=O) groups is 2. The van der Waals surface area contributed by atoms with E-state index >= 15 is 0 Å². The topological polar surface area (TPSA) is 114 Å². The lowest BCUT2D eigenvalue weighted by molar-refractivity contribution is -0.120. The van der Waals surface area contributed by atoms with Gasteiger partial charge >= 0.3 is 0 Å². The lowest BCUT2D eigenvalue weighted by Crippen LogP contribution is -2.36. The number of methoxy groups -OCH3 is 1. The minimum atomic E-state index is -4.04. The van der Waals surface area contributed by atoms with Gasteiger partial charge in [0.2, 0.25) is 5.91 Å². The zero-order chi connectivity index (χ0) is 23.8. The third-order valence-electron chi connectivity index (χ3n) is 4.60. The average molecular weight is 472 g/mol. The highest BCUT2D eigenvalue weighted by molar-refractivity contribution is 7.92. The molecule has 3 N–H and O–H groups in total. The van der Waals surface area contributed by atoms with Crippen molar-refractivity contribution in [2.45, 2.75) is 11.4 Å². The molecule has 0 atom stereocenters. The van der Waals surface area contributed by atoms with Crippen LogP contribution in [0.25, 0.3) is 0 Å². The van der Waals surface area contributed by atoms with Crippen molar-refractivity contribution >= 4 is 27.5 Å². The molecule has 0 spiro atoms. The van der Waals surface area contributed by atoms with Crippen LogP contribution in [0.4, 0.5) is 10.1 Å². The van der Waals surface area contributed by atoms with E-state index in [9.17, 15) is 22.4 Å². The highest BCUT2D eigenvalue weighted by Gasteiger charge is 2.17. The largest absolute Gasteiger partial charge is 0.497 e. The van der Waals surface area contributed by atoms with Gasteiger partial charge in [0.1, 0.15) is 11.6 Å². The molecule has 0 aliphatic heterocycles. The van der Waals surface area contributed by atoms with Gasteiger partial charge in [-0.25, -0.2) is 12.8 Å². The van der Waals surface area contributed by atoms with E-state index in [4.69, 9.17) is 4.74 Å². The van der Waals surface area contributed by atoms with Crippen LogP contribution in [0.2, 0.25) is 0 Å². The van der Waals surface area contributed by atoms with Crippen molar-refractivity contribution in [3.05, 3.63) is 89.7 Å². The molecule has 0 unspecified atom stereocenters. The fourth-order valence-corrected chi connectivity index (χ4v) is 3.87. The first kappa shape index (κ1) is 23.7. The molecule has 0 aliphatic rings. The molecule has 33 heavy (non-hydrogen) atoms. The predicted molar refractivity (Wildman–Crippen MR) is 121 cm³/mol. The van der Waals surface area contributed by atoms with Crippen LogP contribution in [-0.2, 0) is 21.4 Å². The molecule has 8 nitrogen and oxygen atoms in total. The Labute approximate surface area is 190 Å². The molecule has 10 heteroatoms. The summed E-state index contributed by atoms with van der Waals surface area (Å²) in [5, 5.41) is 5.16. The van der Waals surface area contributed by atoms with E-state index in [1.54, 1.807) is 19.2 Å².